The van der Waals surface area contributed by atoms with E-state index in [4.69, 9.17) is 9.47 Å². The molecule has 1 aromatic carbocycles. The summed E-state index contributed by atoms with van der Waals surface area (Å²) in [6.07, 6.45) is 2.02. The minimum atomic E-state index is 0.286. The van der Waals surface area contributed by atoms with E-state index in [2.05, 4.69) is 46.0 Å². The number of hydrogen-bond acceptors (Lipinski definition) is 3. The van der Waals surface area contributed by atoms with Crippen molar-refractivity contribution in [3.8, 4) is 11.5 Å². The van der Waals surface area contributed by atoms with Gasteiger partial charge in [0, 0.05) is 24.7 Å². The van der Waals surface area contributed by atoms with Gasteiger partial charge in [-0.15, -0.1) is 0 Å². The zero-order valence-corrected chi connectivity index (χ0v) is 14.3. The molecule has 0 amide bonds. The van der Waals surface area contributed by atoms with Gasteiger partial charge in [0.25, 0.3) is 0 Å². The third-order valence-electron chi connectivity index (χ3n) is 2.94. The first-order chi connectivity index (χ1) is 9.96. The molecule has 120 valence electrons. The Balaban J connectivity index is 2.71. The van der Waals surface area contributed by atoms with Crippen molar-refractivity contribution in [1.29, 1.82) is 0 Å². The van der Waals surface area contributed by atoms with E-state index in [-0.39, 0.29) is 5.41 Å². The highest BCUT2D eigenvalue weighted by atomic mass is 16.5. The lowest BCUT2D eigenvalue weighted by atomic mass is 9.97. The number of rotatable bonds is 9. The molecule has 0 spiro atoms. The monoisotopic (exact) mass is 293 g/mol. The zero-order valence-electron chi connectivity index (χ0n) is 14.3. The van der Waals surface area contributed by atoms with Crippen LogP contribution in [0.5, 0.6) is 11.5 Å². The van der Waals surface area contributed by atoms with Crippen LogP contribution in [0.4, 0.5) is 0 Å². The molecule has 0 saturated heterocycles. The van der Waals surface area contributed by atoms with Gasteiger partial charge in [0.15, 0.2) is 0 Å². The Hall–Kier alpha value is -1.22. The van der Waals surface area contributed by atoms with Gasteiger partial charge in [-0.2, -0.15) is 0 Å². The first kappa shape index (κ1) is 17.8. The molecule has 3 heteroatoms. The van der Waals surface area contributed by atoms with Gasteiger partial charge in [-0.3, -0.25) is 0 Å². The Labute approximate surface area is 130 Å². The number of nitrogens with one attached hydrogen (secondary N) is 1. The summed E-state index contributed by atoms with van der Waals surface area (Å²) in [4.78, 5) is 0. The lowest BCUT2D eigenvalue weighted by molar-refractivity contribution is 0.298. The standard InChI is InChI=1S/C18H31NO2/c1-6-10-20-16-9-8-15(13-19-14-18(3,4)5)17(12-16)21-11-7-2/h8-9,12,19H,6-7,10-11,13-14H2,1-5H3. The molecule has 0 saturated carbocycles. The Bertz CT molecular complexity index is 410. The molecule has 0 bridgehead atoms. The highest BCUT2D eigenvalue weighted by Crippen LogP contribution is 2.25. The molecule has 0 aliphatic heterocycles. The number of benzene rings is 1. The van der Waals surface area contributed by atoms with Crippen molar-refractivity contribution in [2.24, 2.45) is 5.41 Å². The summed E-state index contributed by atoms with van der Waals surface area (Å²) in [7, 11) is 0. The summed E-state index contributed by atoms with van der Waals surface area (Å²) in [5.74, 6) is 1.83. The molecule has 21 heavy (non-hydrogen) atoms. The smallest absolute Gasteiger partial charge is 0.127 e. The SMILES string of the molecule is CCCOc1ccc(CNCC(C)(C)C)c(OCCC)c1. The van der Waals surface area contributed by atoms with Crippen molar-refractivity contribution in [2.75, 3.05) is 19.8 Å². The van der Waals surface area contributed by atoms with E-state index < -0.39 is 0 Å². The van der Waals surface area contributed by atoms with Gasteiger partial charge in [-0.1, -0.05) is 40.7 Å². The fraction of sp³-hybridized carbons (Fsp3) is 0.667. The molecular formula is C18H31NO2. The molecule has 0 atom stereocenters. The van der Waals surface area contributed by atoms with Crippen LogP contribution in [0.3, 0.4) is 0 Å². The van der Waals surface area contributed by atoms with Gasteiger partial charge in [0.05, 0.1) is 13.2 Å². The van der Waals surface area contributed by atoms with Crippen molar-refractivity contribution < 1.29 is 9.47 Å². The quantitative estimate of drug-likeness (QED) is 0.732. The average molecular weight is 293 g/mol. The minimum Gasteiger partial charge on any atom is -0.493 e. The second-order valence-corrected chi connectivity index (χ2v) is 6.63. The molecule has 0 aliphatic rings. The van der Waals surface area contributed by atoms with Gasteiger partial charge in [0.2, 0.25) is 0 Å². The molecule has 0 aliphatic carbocycles. The Morgan fingerprint density at radius 1 is 1.00 bits per heavy atom. The van der Waals surface area contributed by atoms with Crippen LogP contribution in [0.25, 0.3) is 0 Å². The maximum absolute atomic E-state index is 5.87. The summed E-state index contributed by atoms with van der Waals surface area (Å²) in [6, 6.07) is 6.15. The molecule has 0 fully saturated rings. The molecule has 1 aromatic rings. The van der Waals surface area contributed by atoms with Crippen molar-refractivity contribution in [3.63, 3.8) is 0 Å². The van der Waals surface area contributed by atoms with Crippen LogP contribution in [-0.4, -0.2) is 19.8 Å². The fourth-order valence-corrected chi connectivity index (χ4v) is 1.91. The first-order valence-corrected chi connectivity index (χ1v) is 8.05. The van der Waals surface area contributed by atoms with E-state index >= 15 is 0 Å². The Morgan fingerprint density at radius 3 is 2.29 bits per heavy atom. The fourth-order valence-electron chi connectivity index (χ4n) is 1.91. The van der Waals surface area contributed by atoms with Gasteiger partial charge < -0.3 is 14.8 Å². The summed E-state index contributed by atoms with van der Waals surface area (Å²) in [6.45, 7) is 14.2. The van der Waals surface area contributed by atoms with Gasteiger partial charge in [0.1, 0.15) is 11.5 Å². The van der Waals surface area contributed by atoms with Crippen LogP contribution in [-0.2, 0) is 6.54 Å². The predicted octanol–water partition coefficient (Wildman–Crippen LogP) is 4.40. The molecule has 0 heterocycles. The van der Waals surface area contributed by atoms with E-state index in [0.29, 0.717) is 0 Å². The Kier molecular flexibility index (Phi) is 7.58. The van der Waals surface area contributed by atoms with E-state index in [1.54, 1.807) is 0 Å². The van der Waals surface area contributed by atoms with Crippen LogP contribution >= 0.6 is 0 Å². The van der Waals surface area contributed by atoms with Crippen LogP contribution < -0.4 is 14.8 Å². The van der Waals surface area contributed by atoms with Gasteiger partial charge in [-0.25, -0.2) is 0 Å². The zero-order chi connectivity index (χ0) is 15.7. The molecule has 1 rings (SSSR count). The van der Waals surface area contributed by atoms with Crippen LogP contribution in [0.1, 0.15) is 53.0 Å². The van der Waals surface area contributed by atoms with E-state index in [9.17, 15) is 0 Å². The molecular weight excluding hydrogens is 262 g/mol. The Morgan fingerprint density at radius 2 is 1.67 bits per heavy atom. The second-order valence-electron chi connectivity index (χ2n) is 6.63. The third kappa shape index (κ3) is 7.37. The first-order valence-electron chi connectivity index (χ1n) is 8.05. The van der Waals surface area contributed by atoms with Gasteiger partial charge >= 0.3 is 0 Å². The lowest BCUT2D eigenvalue weighted by Crippen LogP contribution is -2.26. The highest BCUT2D eigenvalue weighted by Gasteiger charge is 2.11. The number of hydrogen-bond donors (Lipinski definition) is 1. The third-order valence-corrected chi connectivity index (χ3v) is 2.94. The van der Waals surface area contributed by atoms with E-state index in [1.165, 1.54) is 5.56 Å². The molecule has 3 nitrogen and oxygen atoms in total. The topological polar surface area (TPSA) is 30.5 Å². The highest BCUT2D eigenvalue weighted by molar-refractivity contribution is 5.40. The largest absolute Gasteiger partial charge is 0.493 e. The normalized spacial score (nSPS) is 11.5. The molecule has 0 unspecified atom stereocenters. The van der Waals surface area contributed by atoms with Crippen molar-refractivity contribution in [1.82, 2.24) is 5.32 Å². The molecule has 0 radical (unpaired) electrons. The van der Waals surface area contributed by atoms with Crippen LogP contribution in [0.2, 0.25) is 0 Å². The maximum Gasteiger partial charge on any atom is 0.127 e. The maximum atomic E-state index is 5.87. The van der Waals surface area contributed by atoms with Crippen LogP contribution in [0, 0.1) is 5.41 Å². The second kappa shape index (κ2) is 8.93. The van der Waals surface area contributed by atoms with Crippen molar-refractivity contribution >= 4 is 0 Å². The van der Waals surface area contributed by atoms with E-state index in [0.717, 1.165) is 50.6 Å². The summed E-state index contributed by atoms with van der Waals surface area (Å²) < 4.78 is 11.6. The number of ether oxygens (including phenoxy) is 2. The summed E-state index contributed by atoms with van der Waals surface area (Å²) >= 11 is 0. The van der Waals surface area contributed by atoms with Crippen LogP contribution in [0.15, 0.2) is 18.2 Å². The summed E-state index contributed by atoms with van der Waals surface area (Å²) in [5, 5.41) is 3.50. The average Bonchev–Trinajstić information content (AvgIpc) is 2.43. The lowest BCUT2D eigenvalue weighted by Gasteiger charge is -2.20. The molecule has 0 aromatic heterocycles. The van der Waals surface area contributed by atoms with E-state index in [1.807, 2.05) is 12.1 Å². The van der Waals surface area contributed by atoms with Crippen molar-refractivity contribution in [2.45, 2.75) is 54.0 Å². The minimum absolute atomic E-state index is 0.286. The predicted molar refractivity (Wildman–Crippen MR) is 89.2 cm³/mol. The van der Waals surface area contributed by atoms with Gasteiger partial charge in [-0.05, 0) is 24.3 Å². The summed E-state index contributed by atoms with van der Waals surface area (Å²) in [5.41, 5.74) is 1.48. The molecule has 1 N–H and O–H groups in total. The van der Waals surface area contributed by atoms with Crippen molar-refractivity contribution in [3.05, 3.63) is 23.8 Å².